The molecule has 0 saturated heterocycles. The summed E-state index contributed by atoms with van der Waals surface area (Å²) >= 11 is 6.15. The van der Waals surface area contributed by atoms with Crippen molar-refractivity contribution in [2.45, 2.75) is 52.1 Å². The van der Waals surface area contributed by atoms with Crippen molar-refractivity contribution in [1.82, 2.24) is 0 Å². The average molecular weight is 287 g/mol. The van der Waals surface area contributed by atoms with Gasteiger partial charge in [-0.05, 0) is 41.4 Å². The lowest BCUT2D eigenvalue weighted by Crippen LogP contribution is -2.40. The molecule has 0 unspecified atom stereocenters. The van der Waals surface area contributed by atoms with Gasteiger partial charge in [0.15, 0.2) is 8.32 Å². The minimum atomic E-state index is -1.76. The Bertz CT molecular complexity index is 411. The van der Waals surface area contributed by atoms with Gasteiger partial charge < -0.3 is 9.53 Å². The van der Waals surface area contributed by atoms with E-state index in [2.05, 4.69) is 33.9 Å². The quantitative estimate of drug-likeness (QED) is 0.834. The van der Waals surface area contributed by atoms with E-state index < -0.39 is 8.32 Å². The van der Waals surface area contributed by atoms with Crippen LogP contribution < -0.4 is 0 Å². The minimum Gasteiger partial charge on any atom is -0.413 e. The summed E-state index contributed by atoms with van der Waals surface area (Å²) in [6, 6.07) is 5.56. The van der Waals surface area contributed by atoms with Crippen molar-refractivity contribution in [3.05, 3.63) is 34.3 Å². The van der Waals surface area contributed by atoms with Crippen LogP contribution in [-0.2, 0) is 17.6 Å². The zero-order valence-electron chi connectivity index (χ0n) is 11.9. The summed E-state index contributed by atoms with van der Waals surface area (Å²) in [5.41, 5.74) is 1.82. The molecule has 0 atom stereocenters. The van der Waals surface area contributed by atoms with E-state index in [1.165, 1.54) is 0 Å². The van der Waals surface area contributed by atoms with E-state index in [-0.39, 0.29) is 11.6 Å². The van der Waals surface area contributed by atoms with Crippen molar-refractivity contribution in [2.24, 2.45) is 0 Å². The normalized spacial score (nSPS) is 12.8. The predicted octanol–water partition coefficient (Wildman–Crippen LogP) is 4.35. The van der Waals surface area contributed by atoms with Crippen LogP contribution in [0.5, 0.6) is 0 Å². The third-order valence-electron chi connectivity index (χ3n) is 3.69. The maximum Gasteiger partial charge on any atom is 0.192 e. The molecule has 0 aliphatic rings. The lowest BCUT2D eigenvalue weighted by Gasteiger charge is -2.36. The SMILES string of the molecule is CC(C)(C)[Si](C)(C)OCc1cc(CO)ccc1Cl. The van der Waals surface area contributed by atoms with Crippen LogP contribution in [0.4, 0.5) is 0 Å². The molecule has 0 spiro atoms. The van der Waals surface area contributed by atoms with Crippen LogP contribution in [0.25, 0.3) is 0 Å². The lowest BCUT2D eigenvalue weighted by molar-refractivity contribution is 0.272. The number of aliphatic hydroxyl groups is 1. The summed E-state index contributed by atoms with van der Waals surface area (Å²) in [7, 11) is -1.76. The number of rotatable bonds is 4. The van der Waals surface area contributed by atoms with E-state index in [4.69, 9.17) is 21.1 Å². The number of hydrogen-bond donors (Lipinski definition) is 1. The predicted molar refractivity (Wildman–Crippen MR) is 79.4 cm³/mol. The van der Waals surface area contributed by atoms with Crippen molar-refractivity contribution in [2.75, 3.05) is 0 Å². The van der Waals surface area contributed by atoms with Gasteiger partial charge in [0.2, 0.25) is 0 Å². The van der Waals surface area contributed by atoms with Crippen molar-refractivity contribution in [3.63, 3.8) is 0 Å². The van der Waals surface area contributed by atoms with Crippen LogP contribution in [-0.4, -0.2) is 13.4 Å². The fourth-order valence-corrected chi connectivity index (χ4v) is 2.43. The fraction of sp³-hybridized carbons (Fsp3) is 0.571. The van der Waals surface area contributed by atoms with E-state index in [0.717, 1.165) is 11.1 Å². The Hall–Kier alpha value is -0.353. The van der Waals surface area contributed by atoms with E-state index >= 15 is 0 Å². The van der Waals surface area contributed by atoms with Gasteiger partial charge in [0, 0.05) is 5.02 Å². The first kappa shape index (κ1) is 15.7. The van der Waals surface area contributed by atoms with E-state index in [0.29, 0.717) is 11.6 Å². The standard InChI is InChI=1S/C14H23ClO2Si/c1-14(2,3)18(4,5)17-10-12-8-11(9-16)6-7-13(12)15/h6-8,16H,9-10H2,1-5H3. The molecule has 0 aliphatic heterocycles. The molecule has 1 aromatic carbocycles. The molecule has 0 saturated carbocycles. The highest BCUT2D eigenvalue weighted by Gasteiger charge is 2.37. The maximum atomic E-state index is 9.14. The minimum absolute atomic E-state index is 0.0320. The van der Waals surface area contributed by atoms with Crippen LogP contribution in [0, 0.1) is 0 Å². The third kappa shape index (κ3) is 3.82. The summed E-state index contributed by atoms with van der Waals surface area (Å²) < 4.78 is 6.13. The first-order chi connectivity index (χ1) is 8.17. The van der Waals surface area contributed by atoms with Gasteiger partial charge in [0.05, 0.1) is 13.2 Å². The highest BCUT2D eigenvalue weighted by molar-refractivity contribution is 6.74. The third-order valence-corrected chi connectivity index (χ3v) is 8.53. The Morgan fingerprint density at radius 1 is 1.28 bits per heavy atom. The summed E-state index contributed by atoms with van der Waals surface area (Å²) in [6.07, 6.45) is 0. The van der Waals surface area contributed by atoms with E-state index in [1.807, 2.05) is 18.2 Å². The molecule has 0 heterocycles. The Labute approximate surface area is 116 Å². The van der Waals surface area contributed by atoms with Gasteiger partial charge in [0.25, 0.3) is 0 Å². The Balaban J connectivity index is 2.80. The van der Waals surface area contributed by atoms with Gasteiger partial charge in [-0.15, -0.1) is 0 Å². The second-order valence-corrected chi connectivity index (χ2v) is 11.3. The van der Waals surface area contributed by atoms with Crippen LogP contribution in [0.1, 0.15) is 31.9 Å². The van der Waals surface area contributed by atoms with Gasteiger partial charge >= 0.3 is 0 Å². The second-order valence-electron chi connectivity index (χ2n) is 6.13. The van der Waals surface area contributed by atoms with Gasteiger partial charge in [-0.3, -0.25) is 0 Å². The molecule has 0 radical (unpaired) electrons. The molecule has 4 heteroatoms. The number of aliphatic hydroxyl groups excluding tert-OH is 1. The Kier molecular flexibility index (Phi) is 5.01. The van der Waals surface area contributed by atoms with Gasteiger partial charge in [-0.25, -0.2) is 0 Å². The fourth-order valence-electron chi connectivity index (χ4n) is 1.31. The van der Waals surface area contributed by atoms with E-state index in [9.17, 15) is 0 Å². The lowest BCUT2D eigenvalue weighted by atomic mass is 10.1. The maximum absolute atomic E-state index is 9.14. The first-order valence-electron chi connectivity index (χ1n) is 6.19. The monoisotopic (exact) mass is 286 g/mol. The van der Waals surface area contributed by atoms with Crippen LogP contribution in [0.15, 0.2) is 18.2 Å². The zero-order chi connectivity index (χ0) is 14.0. The van der Waals surface area contributed by atoms with Gasteiger partial charge in [-0.1, -0.05) is 38.4 Å². The van der Waals surface area contributed by atoms with Crippen LogP contribution >= 0.6 is 11.6 Å². The molecular formula is C14H23ClO2Si. The second kappa shape index (κ2) is 5.74. The number of hydrogen-bond acceptors (Lipinski definition) is 2. The molecular weight excluding hydrogens is 264 g/mol. The molecule has 102 valence electrons. The van der Waals surface area contributed by atoms with Crippen molar-refractivity contribution in [3.8, 4) is 0 Å². The van der Waals surface area contributed by atoms with Crippen molar-refractivity contribution < 1.29 is 9.53 Å². The molecule has 0 aromatic heterocycles. The highest BCUT2D eigenvalue weighted by atomic mass is 35.5. The average Bonchev–Trinajstić information content (AvgIpc) is 2.26. The number of benzene rings is 1. The summed E-state index contributed by atoms with van der Waals surface area (Å²) in [6.45, 7) is 11.6. The summed E-state index contributed by atoms with van der Waals surface area (Å²) in [5, 5.41) is 10.0. The van der Waals surface area contributed by atoms with Crippen molar-refractivity contribution >= 4 is 19.9 Å². The summed E-state index contributed by atoms with van der Waals surface area (Å²) in [5.74, 6) is 0. The largest absolute Gasteiger partial charge is 0.413 e. The van der Waals surface area contributed by atoms with Crippen LogP contribution in [0.2, 0.25) is 23.2 Å². The first-order valence-corrected chi connectivity index (χ1v) is 9.48. The van der Waals surface area contributed by atoms with Crippen molar-refractivity contribution in [1.29, 1.82) is 0 Å². The molecule has 0 aliphatic carbocycles. The number of halogens is 1. The molecule has 0 fully saturated rings. The highest BCUT2D eigenvalue weighted by Crippen LogP contribution is 2.37. The van der Waals surface area contributed by atoms with Gasteiger partial charge in [-0.2, -0.15) is 0 Å². The Morgan fingerprint density at radius 2 is 1.89 bits per heavy atom. The Morgan fingerprint density at radius 3 is 2.39 bits per heavy atom. The zero-order valence-corrected chi connectivity index (χ0v) is 13.6. The topological polar surface area (TPSA) is 29.5 Å². The summed E-state index contributed by atoms with van der Waals surface area (Å²) in [4.78, 5) is 0. The smallest absolute Gasteiger partial charge is 0.192 e. The molecule has 1 aromatic rings. The molecule has 0 amide bonds. The molecule has 2 nitrogen and oxygen atoms in total. The van der Waals surface area contributed by atoms with Crippen LogP contribution in [0.3, 0.4) is 0 Å². The van der Waals surface area contributed by atoms with Gasteiger partial charge in [0.1, 0.15) is 0 Å². The molecule has 18 heavy (non-hydrogen) atoms. The molecule has 1 rings (SSSR count). The van der Waals surface area contributed by atoms with E-state index in [1.54, 1.807) is 0 Å². The molecule has 0 bridgehead atoms. The molecule has 1 N–H and O–H groups in total.